The quantitative estimate of drug-likeness (QED) is 0.703. The molecule has 2 aromatic rings. The van der Waals surface area contributed by atoms with Gasteiger partial charge >= 0.3 is 0 Å². The highest BCUT2D eigenvalue weighted by Gasteiger charge is 2.35. The number of hydrogen-bond acceptors (Lipinski definition) is 3. The van der Waals surface area contributed by atoms with E-state index in [9.17, 15) is 14.4 Å². The Balaban J connectivity index is 1.34. The molecule has 0 N–H and O–H groups in total. The number of halogens is 1. The molecule has 2 heterocycles. The predicted molar refractivity (Wildman–Crippen MR) is 104 cm³/mol. The lowest BCUT2D eigenvalue weighted by molar-refractivity contribution is -0.132. The molecule has 0 bridgehead atoms. The lowest BCUT2D eigenvalue weighted by Gasteiger charge is -2.29. The highest BCUT2D eigenvalue weighted by Crippen LogP contribution is 2.26. The van der Waals surface area contributed by atoms with Gasteiger partial charge in [-0.15, -0.1) is 0 Å². The van der Waals surface area contributed by atoms with Crippen LogP contribution in [0.15, 0.2) is 46.9 Å². The third-order valence-corrected chi connectivity index (χ3v) is 5.68. The maximum atomic E-state index is 12.5. The second-order valence-electron chi connectivity index (χ2n) is 6.89. The van der Waals surface area contributed by atoms with Gasteiger partial charge in [-0.1, -0.05) is 40.2 Å². The van der Waals surface area contributed by atoms with Crippen LogP contribution < -0.4 is 0 Å². The fourth-order valence-electron chi connectivity index (χ4n) is 3.72. The van der Waals surface area contributed by atoms with Gasteiger partial charge in [0, 0.05) is 30.5 Å². The summed E-state index contributed by atoms with van der Waals surface area (Å²) in [5, 5.41) is 0. The molecular weight excluding hydrogens is 408 g/mol. The number of benzene rings is 2. The molecule has 6 heteroatoms. The summed E-state index contributed by atoms with van der Waals surface area (Å²) in [5.74, 6) is -0.485. The van der Waals surface area contributed by atoms with Crippen molar-refractivity contribution in [2.75, 3.05) is 13.1 Å². The minimum Gasteiger partial charge on any atom is -0.338 e. The molecule has 0 fully saturated rings. The van der Waals surface area contributed by atoms with E-state index >= 15 is 0 Å². The Morgan fingerprint density at radius 3 is 2.56 bits per heavy atom. The Morgan fingerprint density at radius 2 is 1.74 bits per heavy atom. The topological polar surface area (TPSA) is 57.7 Å². The molecule has 27 heavy (non-hydrogen) atoms. The van der Waals surface area contributed by atoms with Gasteiger partial charge in [-0.3, -0.25) is 19.3 Å². The standard InChI is InChI=1S/C21H19BrN2O3/c22-16-7-8-17-18(12-16)21(27)24(20(17)26)10-3-6-19(25)23-11-9-14-4-1-2-5-15(14)13-23/h1-2,4-5,7-8,12H,3,6,9-11,13H2. The molecule has 4 rings (SSSR count). The summed E-state index contributed by atoms with van der Waals surface area (Å²) in [5.41, 5.74) is 3.36. The number of nitrogens with zero attached hydrogens (tertiary/aromatic N) is 2. The van der Waals surface area contributed by atoms with Crippen LogP contribution >= 0.6 is 15.9 Å². The van der Waals surface area contributed by atoms with Crippen molar-refractivity contribution < 1.29 is 14.4 Å². The van der Waals surface area contributed by atoms with Gasteiger partial charge in [0.25, 0.3) is 11.8 Å². The van der Waals surface area contributed by atoms with E-state index in [2.05, 4.69) is 28.1 Å². The van der Waals surface area contributed by atoms with Gasteiger partial charge in [-0.25, -0.2) is 0 Å². The summed E-state index contributed by atoms with van der Waals surface area (Å²) in [6.45, 7) is 1.62. The third-order valence-electron chi connectivity index (χ3n) is 5.19. The normalized spacial score (nSPS) is 15.7. The van der Waals surface area contributed by atoms with Crippen LogP contribution in [0.3, 0.4) is 0 Å². The first-order valence-electron chi connectivity index (χ1n) is 9.05. The van der Waals surface area contributed by atoms with Crippen LogP contribution in [0, 0.1) is 0 Å². The van der Waals surface area contributed by atoms with E-state index in [4.69, 9.17) is 0 Å². The maximum Gasteiger partial charge on any atom is 0.261 e. The first-order chi connectivity index (χ1) is 13.0. The number of hydrogen-bond donors (Lipinski definition) is 0. The lowest BCUT2D eigenvalue weighted by atomic mass is 9.99. The largest absolute Gasteiger partial charge is 0.338 e. The minimum absolute atomic E-state index is 0.0730. The van der Waals surface area contributed by atoms with E-state index in [1.54, 1.807) is 18.2 Å². The monoisotopic (exact) mass is 426 g/mol. The molecule has 0 spiro atoms. The molecule has 0 atom stereocenters. The minimum atomic E-state index is -0.282. The van der Waals surface area contributed by atoms with Gasteiger partial charge in [-0.2, -0.15) is 0 Å². The van der Waals surface area contributed by atoms with Crippen LogP contribution in [0.2, 0.25) is 0 Å². The van der Waals surface area contributed by atoms with Crippen molar-refractivity contribution in [1.82, 2.24) is 9.80 Å². The summed E-state index contributed by atoms with van der Waals surface area (Å²) >= 11 is 3.33. The second kappa shape index (κ2) is 7.27. The van der Waals surface area contributed by atoms with Crippen LogP contribution in [0.4, 0.5) is 0 Å². The molecule has 0 saturated heterocycles. The van der Waals surface area contributed by atoms with E-state index < -0.39 is 0 Å². The van der Waals surface area contributed by atoms with Crippen molar-refractivity contribution in [2.24, 2.45) is 0 Å². The van der Waals surface area contributed by atoms with E-state index in [0.29, 0.717) is 30.5 Å². The average molecular weight is 427 g/mol. The Kier molecular flexibility index (Phi) is 4.83. The van der Waals surface area contributed by atoms with Crippen LogP contribution in [-0.4, -0.2) is 40.6 Å². The summed E-state index contributed by atoms with van der Waals surface area (Å²) < 4.78 is 0.768. The van der Waals surface area contributed by atoms with Crippen molar-refractivity contribution in [3.63, 3.8) is 0 Å². The number of fused-ring (bicyclic) bond motifs is 2. The van der Waals surface area contributed by atoms with E-state index in [1.807, 2.05) is 17.0 Å². The SMILES string of the molecule is O=C(CCCN1C(=O)c2ccc(Br)cc2C1=O)N1CCc2ccccc2C1. The highest BCUT2D eigenvalue weighted by molar-refractivity contribution is 9.10. The van der Waals surface area contributed by atoms with Crippen LogP contribution in [0.1, 0.15) is 44.7 Å². The molecule has 0 aromatic heterocycles. The molecule has 0 aliphatic carbocycles. The third kappa shape index (κ3) is 3.41. The molecular formula is C21H19BrN2O3. The molecule has 2 aliphatic heterocycles. The van der Waals surface area contributed by atoms with Crippen molar-refractivity contribution >= 4 is 33.7 Å². The Labute approximate surface area is 166 Å². The van der Waals surface area contributed by atoms with Crippen molar-refractivity contribution in [3.05, 3.63) is 69.2 Å². The van der Waals surface area contributed by atoms with Gasteiger partial charge in [-0.05, 0) is 42.2 Å². The lowest BCUT2D eigenvalue weighted by Crippen LogP contribution is -2.37. The van der Waals surface area contributed by atoms with Gasteiger partial charge in [0.1, 0.15) is 0 Å². The van der Waals surface area contributed by atoms with Gasteiger partial charge in [0.15, 0.2) is 0 Å². The van der Waals surface area contributed by atoms with Gasteiger partial charge < -0.3 is 4.90 Å². The number of carbonyl (C=O) groups is 3. The van der Waals surface area contributed by atoms with Crippen LogP contribution in [0.5, 0.6) is 0 Å². The maximum absolute atomic E-state index is 12.5. The zero-order valence-electron chi connectivity index (χ0n) is 14.8. The predicted octanol–water partition coefficient (Wildman–Crippen LogP) is 3.41. The molecule has 0 radical (unpaired) electrons. The Bertz CT molecular complexity index is 941. The van der Waals surface area contributed by atoms with E-state index in [-0.39, 0.29) is 24.3 Å². The van der Waals surface area contributed by atoms with E-state index in [1.165, 1.54) is 16.0 Å². The fourth-order valence-corrected chi connectivity index (χ4v) is 4.08. The number of carbonyl (C=O) groups excluding carboxylic acids is 3. The van der Waals surface area contributed by atoms with Gasteiger partial charge in [0.05, 0.1) is 11.1 Å². The Hall–Kier alpha value is -2.47. The van der Waals surface area contributed by atoms with Gasteiger partial charge in [0.2, 0.25) is 5.91 Å². The number of imide groups is 1. The number of rotatable bonds is 4. The smallest absolute Gasteiger partial charge is 0.261 e. The fraction of sp³-hybridized carbons (Fsp3) is 0.286. The summed E-state index contributed by atoms with van der Waals surface area (Å²) in [4.78, 5) is 40.5. The zero-order chi connectivity index (χ0) is 19.0. The van der Waals surface area contributed by atoms with Crippen molar-refractivity contribution in [3.8, 4) is 0 Å². The zero-order valence-corrected chi connectivity index (χ0v) is 16.4. The average Bonchev–Trinajstić information content (AvgIpc) is 2.91. The van der Waals surface area contributed by atoms with E-state index in [0.717, 1.165) is 17.4 Å². The molecule has 0 saturated carbocycles. The van der Waals surface area contributed by atoms with Crippen LogP contribution in [0.25, 0.3) is 0 Å². The Morgan fingerprint density at radius 1 is 1.00 bits per heavy atom. The second-order valence-corrected chi connectivity index (χ2v) is 7.81. The summed E-state index contributed by atoms with van der Waals surface area (Å²) in [6, 6.07) is 13.3. The molecule has 2 aliphatic rings. The highest BCUT2D eigenvalue weighted by atomic mass is 79.9. The molecule has 3 amide bonds. The molecule has 2 aromatic carbocycles. The first kappa shape index (κ1) is 17.9. The molecule has 5 nitrogen and oxygen atoms in total. The van der Waals surface area contributed by atoms with Crippen molar-refractivity contribution in [1.29, 1.82) is 0 Å². The summed E-state index contributed by atoms with van der Waals surface area (Å²) in [6.07, 6.45) is 1.68. The molecule has 138 valence electrons. The van der Waals surface area contributed by atoms with Crippen molar-refractivity contribution in [2.45, 2.75) is 25.8 Å². The molecule has 0 unspecified atom stereocenters. The van der Waals surface area contributed by atoms with Crippen LogP contribution in [-0.2, 0) is 17.8 Å². The first-order valence-corrected chi connectivity index (χ1v) is 9.84. The number of amides is 3. The summed E-state index contributed by atoms with van der Waals surface area (Å²) in [7, 11) is 0.